The van der Waals surface area contributed by atoms with Gasteiger partial charge >= 0.3 is 0 Å². The number of nitrogens with one attached hydrogen (secondary N) is 1. The van der Waals surface area contributed by atoms with Crippen molar-refractivity contribution >= 4 is 18.3 Å². The maximum Gasteiger partial charge on any atom is 0.291 e. The fourth-order valence-corrected chi connectivity index (χ4v) is 2.84. The van der Waals surface area contributed by atoms with E-state index in [1.807, 2.05) is 49.2 Å². The molecule has 1 saturated heterocycles. The molecule has 23 heavy (non-hydrogen) atoms. The Morgan fingerprint density at radius 3 is 2.78 bits per heavy atom. The van der Waals surface area contributed by atoms with E-state index in [2.05, 4.69) is 10.3 Å². The molecule has 1 atom stereocenters. The minimum Gasteiger partial charge on any atom is -0.431 e. The third kappa shape index (κ3) is 3.74. The average molecular weight is 336 g/mol. The van der Waals surface area contributed by atoms with Crippen LogP contribution in [0.5, 0.6) is 0 Å². The summed E-state index contributed by atoms with van der Waals surface area (Å²) in [5.41, 5.74) is 1.53. The molecule has 0 spiro atoms. The van der Waals surface area contributed by atoms with Gasteiger partial charge in [-0.25, -0.2) is 4.98 Å². The van der Waals surface area contributed by atoms with Crippen LogP contribution in [0, 0.1) is 6.92 Å². The number of likely N-dealkylation sites (N-methyl/N-ethyl adjacent to an activating group) is 1. The summed E-state index contributed by atoms with van der Waals surface area (Å²) in [7, 11) is 1.94. The van der Waals surface area contributed by atoms with Crippen LogP contribution in [0.3, 0.4) is 0 Å². The van der Waals surface area contributed by atoms with Crippen LogP contribution < -0.4 is 5.32 Å². The number of hydrogen-bond donors (Lipinski definition) is 1. The first-order valence-electron chi connectivity index (χ1n) is 7.68. The molecule has 1 aliphatic heterocycles. The smallest absolute Gasteiger partial charge is 0.291 e. The zero-order valence-corrected chi connectivity index (χ0v) is 14.2. The Labute approximate surface area is 142 Å². The van der Waals surface area contributed by atoms with Crippen molar-refractivity contribution in [2.24, 2.45) is 0 Å². The van der Waals surface area contributed by atoms with Gasteiger partial charge in [0.05, 0.1) is 5.69 Å². The van der Waals surface area contributed by atoms with Gasteiger partial charge in [-0.05, 0) is 38.9 Å². The van der Waals surface area contributed by atoms with E-state index >= 15 is 0 Å². The lowest BCUT2D eigenvalue weighted by Crippen LogP contribution is -2.47. The van der Waals surface area contributed by atoms with E-state index in [0.717, 1.165) is 31.5 Å². The van der Waals surface area contributed by atoms with Crippen LogP contribution in [0.25, 0.3) is 11.5 Å². The molecule has 0 aliphatic carbocycles. The van der Waals surface area contributed by atoms with Crippen LogP contribution in [-0.4, -0.2) is 42.0 Å². The number of oxazole rings is 1. The number of nitrogens with zero attached hydrogens (tertiary/aromatic N) is 2. The molecule has 1 aliphatic rings. The molecule has 1 aromatic heterocycles. The summed E-state index contributed by atoms with van der Waals surface area (Å²) in [5, 5.41) is 3.25. The maximum absolute atomic E-state index is 12.7. The minimum atomic E-state index is -0.0628. The summed E-state index contributed by atoms with van der Waals surface area (Å²) in [6.07, 6.45) is 2.11. The molecule has 0 bridgehead atoms. The number of benzene rings is 1. The molecular weight excluding hydrogens is 314 g/mol. The Morgan fingerprint density at radius 1 is 1.35 bits per heavy atom. The average Bonchev–Trinajstić information content (AvgIpc) is 2.97. The van der Waals surface area contributed by atoms with Crippen LogP contribution in [-0.2, 0) is 0 Å². The SMILES string of the molecule is CNC1CCCN(C(=O)c2oc(-c3ccccc3)nc2C)C1.Cl. The highest BCUT2D eigenvalue weighted by atomic mass is 35.5. The van der Waals surface area contributed by atoms with Crippen molar-refractivity contribution in [3.63, 3.8) is 0 Å². The van der Waals surface area contributed by atoms with Gasteiger partial charge in [0.25, 0.3) is 5.91 Å². The standard InChI is InChI=1S/C17H21N3O2.ClH/c1-12-15(17(21)20-10-6-9-14(11-20)18-2)22-16(19-12)13-7-4-3-5-8-13;/h3-5,7-8,14,18H,6,9-11H2,1-2H3;1H. The summed E-state index contributed by atoms with van der Waals surface area (Å²) < 4.78 is 5.76. The maximum atomic E-state index is 12.7. The Balaban J connectivity index is 0.00000192. The monoisotopic (exact) mass is 335 g/mol. The summed E-state index contributed by atoms with van der Waals surface area (Å²) in [4.78, 5) is 19.0. The number of aryl methyl sites for hydroxylation is 1. The number of likely N-dealkylation sites (tertiary alicyclic amines) is 1. The van der Waals surface area contributed by atoms with E-state index in [0.29, 0.717) is 23.4 Å². The molecule has 3 rings (SSSR count). The predicted molar refractivity (Wildman–Crippen MR) is 91.9 cm³/mol. The first kappa shape index (κ1) is 17.5. The summed E-state index contributed by atoms with van der Waals surface area (Å²) in [6, 6.07) is 10.0. The van der Waals surface area contributed by atoms with Crippen molar-refractivity contribution in [1.29, 1.82) is 0 Å². The van der Waals surface area contributed by atoms with Crippen molar-refractivity contribution in [1.82, 2.24) is 15.2 Å². The number of aromatic nitrogens is 1. The van der Waals surface area contributed by atoms with Gasteiger partial charge < -0.3 is 14.6 Å². The molecule has 0 radical (unpaired) electrons. The zero-order valence-electron chi connectivity index (χ0n) is 13.4. The van der Waals surface area contributed by atoms with Gasteiger partial charge in [0.1, 0.15) is 0 Å². The lowest BCUT2D eigenvalue weighted by Gasteiger charge is -2.32. The molecule has 1 aromatic carbocycles. The topological polar surface area (TPSA) is 58.4 Å². The molecule has 6 heteroatoms. The van der Waals surface area contributed by atoms with Gasteiger partial charge in [-0.1, -0.05) is 18.2 Å². The number of hydrogen-bond acceptors (Lipinski definition) is 4. The van der Waals surface area contributed by atoms with Crippen molar-refractivity contribution in [3.05, 3.63) is 41.8 Å². The highest BCUT2D eigenvalue weighted by Crippen LogP contribution is 2.23. The van der Waals surface area contributed by atoms with Gasteiger partial charge in [-0.15, -0.1) is 12.4 Å². The molecule has 1 amide bonds. The summed E-state index contributed by atoms with van der Waals surface area (Å²) >= 11 is 0. The fourth-order valence-electron chi connectivity index (χ4n) is 2.84. The van der Waals surface area contributed by atoms with Crippen molar-refractivity contribution in [2.75, 3.05) is 20.1 Å². The third-order valence-electron chi connectivity index (χ3n) is 4.13. The summed E-state index contributed by atoms with van der Waals surface area (Å²) in [5.74, 6) is 0.798. The molecule has 1 fully saturated rings. The van der Waals surface area contributed by atoms with E-state index in [1.165, 1.54) is 0 Å². The molecule has 0 saturated carbocycles. The number of rotatable bonds is 3. The highest BCUT2D eigenvalue weighted by Gasteiger charge is 2.27. The Kier molecular flexibility index (Phi) is 5.80. The van der Waals surface area contributed by atoms with Crippen LogP contribution in [0.4, 0.5) is 0 Å². The lowest BCUT2D eigenvalue weighted by molar-refractivity contribution is 0.0666. The zero-order chi connectivity index (χ0) is 15.5. The van der Waals surface area contributed by atoms with E-state index in [1.54, 1.807) is 0 Å². The molecule has 5 nitrogen and oxygen atoms in total. The highest BCUT2D eigenvalue weighted by molar-refractivity contribution is 5.93. The van der Waals surface area contributed by atoms with E-state index in [9.17, 15) is 4.79 Å². The predicted octanol–water partition coefficient (Wildman–Crippen LogP) is 2.90. The van der Waals surface area contributed by atoms with Gasteiger partial charge in [-0.2, -0.15) is 0 Å². The number of carbonyl (C=O) groups is 1. The summed E-state index contributed by atoms with van der Waals surface area (Å²) in [6.45, 7) is 3.32. The normalized spacial score (nSPS) is 17.7. The molecule has 1 unspecified atom stereocenters. The second-order valence-corrected chi connectivity index (χ2v) is 5.68. The fraction of sp³-hybridized carbons (Fsp3) is 0.412. The van der Waals surface area contributed by atoms with Crippen LogP contribution in [0.15, 0.2) is 34.7 Å². The third-order valence-corrected chi connectivity index (χ3v) is 4.13. The number of carbonyl (C=O) groups excluding carboxylic acids is 1. The Hall–Kier alpha value is -1.85. The van der Waals surface area contributed by atoms with Gasteiger partial charge in [0.2, 0.25) is 11.7 Å². The second kappa shape index (κ2) is 7.62. The molecule has 1 N–H and O–H groups in total. The van der Waals surface area contributed by atoms with Crippen molar-refractivity contribution in [2.45, 2.75) is 25.8 Å². The largest absolute Gasteiger partial charge is 0.431 e. The van der Waals surface area contributed by atoms with E-state index in [4.69, 9.17) is 4.42 Å². The Morgan fingerprint density at radius 2 is 2.09 bits per heavy atom. The number of piperidine rings is 1. The van der Waals surface area contributed by atoms with Crippen molar-refractivity contribution in [3.8, 4) is 11.5 Å². The molecule has 124 valence electrons. The van der Waals surface area contributed by atoms with Gasteiger partial charge in [0, 0.05) is 24.7 Å². The quantitative estimate of drug-likeness (QED) is 0.937. The Bertz CT molecular complexity index is 657. The second-order valence-electron chi connectivity index (χ2n) is 5.68. The van der Waals surface area contributed by atoms with Crippen LogP contribution in [0.2, 0.25) is 0 Å². The first-order chi connectivity index (χ1) is 10.7. The minimum absolute atomic E-state index is 0. The number of amides is 1. The van der Waals surface area contributed by atoms with Crippen LogP contribution in [0.1, 0.15) is 29.1 Å². The van der Waals surface area contributed by atoms with Crippen molar-refractivity contribution < 1.29 is 9.21 Å². The van der Waals surface area contributed by atoms with Gasteiger partial charge in [-0.3, -0.25) is 4.79 Å². The molecule has 2 aromatic rings. The number of halogens is 1. The van der Waals surface area contributed by atoms with Gasteiger partial charge in [0.15, 0.2) is 0 Å². The molecule has 2 heterocycles. The molecular formula is C17H22ClN3O2. The van der Waals surface area contributed by atoms with Crippen LogP contribution >= 0.6 is 12.4 Å². The van der Waals surface area contributed by atoms with E-state index < -0.39 is 0 Å². The first-order valence-corrected chi connectivity index (χ1v) is 7.68. The van der Waals surface area contributed by atoms with E-state index in [-0.39, 0.29) is 18.3 Å². The lowest BCUT2D eigenvalue weighted by atomic mass is 10.1.